The van der Waals surface area contributed by atoms with E-state index < -0.39 is 4.92 Å². The number of halogens is 1. The molecule has 0 saturated carbocycles. The number of hydrogen-bond acceptors (Lipinski definition) is 3. The molecule has 0 aliphatic heterocycles. The first-order chi connectivity index (χ1) is 9.56. The summed E-state index contributed by atoms with van der Waals surface area (Å²) in [7, 11) is 0. The van der Waals surface area contributed by atoms with Gasteiger partial charge < -0.3 is 5.32 Å². The number of nitro benzene ring substituents is 1. The molecule has 0 amide bonds. The van der Waals surface area contributed by atoms with E-state index in [2.05, 4.69) is 29.6 Å². The zero-order chi connectivity index (χ0) is 14.5. The molecule has 0 aliphatic carbocycles. The lowest BCUT2D eigenvalue weighted by molar-refractivity contribution is -0.384. The molecule has 2 rings (SSSR count). The molecule has 0 aromatic heterocycles. The van der Waals surface area contributed by atoms with Gasteiger partial charge in [-0.3, -0.25) is 10.1 Å². The molecule has 2 aromatic rings. The molecule has 0 aliphatic rings. The third-order valence-corrected chi connectivity index (χ3v) is 3.31. The van der Waals surface area contributed by atoms with E-state index in [0.717, 1.165) is 12.1 Å². The second-order valence-corrected chi connectivity index (χ2v) is 5.04. The van der Waals surface area contributed by atoms with E-state index in [1.165, 1.54) is 17.2 Å². The standard InChI is InChI=1S/C15H15ClN2O2/c1-11-2-4-12(5-3-11)9-17-10-13-6-7-14(16)15(8-13)18(19)20/h2-8,17H,9-10H2,1H3. The number of nitrogens with zero attached hydrogens (tertiary/aromatic N) is 1. The molecular formula is C15H15ClN2O2. The molecule has 5 heteroatoms. The molecule has 0 unspecified atom stereocenters. The van der Waals surface area contributed by atoms with Crippen molar-refractivity contribution in [1.29, 1.82) is 0 Å². The van der Waals surface area contributed by atoms with Crippen LogP contribution >= 0.6 is 11.6 Å². The second-order valence-electron chi connectivity index (χ2n) is 4.63. The van der Waals surface area contributed by atoms with E-state index in [0.29, 0.717) is 6.54 Å². The van der Waals surface area contributed by atoms with Gasteiger partial charge in [-0.25, -0.2) is 0 Å². The first-order valence-corrected chi connectivity index (χ1v) is 6.63. The molecule has 20 heavy (non-hydrogen) atoms. The lowest BCUT2D eigenvalue weighted by Crippen LogP contribution is -2.12. The molecule has 0 saturated heterocycles. The van der Waals surface area contributed by atoms with Gasteiger partial charge in [-0.05, 0) is 24.1 Å². The highest BCUT2D eigenvalue weighted by Gasteiger charge is 2.12. The topological polar surface area (TPSA) is 55.2 Å². The Hall–Kier alpha value is -1.91. The maximum absolute atomic E-state index is 10.8. The fourth-order valence-electron chi connectivity index (χ4n) is 1.87. The van der Waals surface area contributed by atoms with Crippen LogP contribution in [0.25, 0.3) is 0 Å². The lowest BCUT2D eigenvalue weighted by atomic mass is 10.1. The lowest BCUT2D eigenvalue weighted by Gasteiger charge is -2.06. The Balaban J connectivity index is 1.96. The van der Waals surface area contributed by atoms with Gasteiger partial charge in [0, 0.05) is 19.2 Å². The van der Waals surface area contributed by atoms with Crippen molar-refractivity contribution >= 4 is 17.3 Å². The molecule has 1 N–H and O–H groups in total. The summed E-state index contributed by atoms with van der Waals surface area (Å²) in [6, 6.07) is 13.1. The van der Waals surface area contributed by atoms with Crippen molar-refractivity contribution in [2.75, 3.05) is 0 Å². The van der Waals surface area contributed by atoms with Crippen molar-refractivity contribution < 1.29 is 4.92 Å². The van der Waals surface area contributed by atoms with Gasteiger partial charge in [-0.2, -0.15) is 0 Å². The largest absolute Gasteiger partial charge is 0.309 e. The van der Waals surface area contributed by atoms with Gasteiger partial charge in [-0.1, -0.05) is 47.5 Å². The van der Waals surface area contributed by atoms with Crippen LogP contribution in [0.3, 0.4) is 0 Å². The average Bonchev–Trinajstić information content (AvgIpc) is 2.42. The first kappa shape index (κ1) is 14.5. The molecule has 2 aromatic carbocycles. The van der Waals surface area contributed by atoms with Crippen molar-refractivity contribution in [3.8, 4) is 0 Å². The van der Waals surface area contributed by atoms with Gasteiger partial charge in [0.25, 0.3) is 5.69 Å². The Morgan fingerprint density at radius 1 is 1.10 bits per heavy atom. The van der Waals surface area contributed by atoms with Gasteiger partial charge in [0.1, 0.15) is 5.02 Å². The van der Waals surface area contributed by atoms with Crippen molar-refractivity contribution in [2.45, 2.75) is 20.0 Å². The van der Waals surface area contributed by atoms with Crippen LogP contribution in [0.5, 0.6) is 0 Å². The van der Waals surface area contributed by atoms with Crippen LogP contribution in [0.1, 0.15) is 16.7 Å². The predicted molar refractivity (Wildman–Crippen MR) is 79.8 cm³/mol. The van der Waals surface area contributed by atoms with Crippen molar-refractivity contribution in [3.63, 3.8) is 0 Å². The fourth-order valence-corrected chi connectivity index (χ4v) is 2.05. The number of aryl methyl sites for hydroxylation is 1. The van der Waals surface area contributed by atoms with E-state index in [1.807, 2.05) is 6.92 Å². The fraction of sp³-hybridized carbons (Fsp3) is 0.200. The van der Waals surface area contributed by atoms with Gasteiger partial charge in [0.15, 0.2) is 0 Å². The molecule has 4 nitrogen and oxygen atoms in total. The van der Waals surface area contributed by atoms with Gasteiger partial charge >= 0.3 is 0 Å². The highest BCUT2D eigenvalue weighted by atomic mass is 35.5. The minimum atomic E-state index is -0.466. The van der Waals surface area contributed by atoms with E-state index in [4.69, 9.17) is 11.6 Å². The van der Waals surface area contributed by atoms with Crippen molar-refractivity contribution in [2.24, 2.45) is 0 Å². The average molecular weight is 291 g/mol. The summed E-state index contributed by atoms with van der Waals surface area (Å²) in [5.41, 5.74) is 3.19. The van der Waals surface area contributed by atoms with E-state index >= 15 is 0 Å². The summed E-state index contributed by atoms with van der Waals surface area (Å²) in [6.07, 6.45) is 0. The van der Waals surface area contributed by atoms with Gasteiger partial charge in [0.05, 0.1) is 4.92 Å². The molecular weight excluding hydrogens is 276 g/mol. The summed E-state index contributed by atoms with van der Waals surface area (Å²) < 4.78 is 0. The van der Waals surface area contributed by atoms with Gasteiger partial charge in [-0.15, -0.1) is 0 Å². The van der Waals surface area contributed by atoms with Crippen molar-refractivity contribution in [3.05, 3.63) is 74.3 Å². The molecule has 104 valence electrons. The van der Waals surface area contributed by atoms with Crippen LogP contribution in [0.4, 0.5) is 5.69 Å². The molecule has 0 radical (unpaired) electrons. The predicted octanol–water partition coefficient (Wildman–Crippen LogP) is 3.85. The van der Waals surface area contributed by atoms with Crippen LogP contribution in [-0.4, -0.2) is 4.92 Å². The molecule has 0 spiro atoms. The summed E-state index contributed by atoms with van der Waals surface area (Å²) in [4.78, 5) is 10.3. The van der Waals surface area contributed by atoms with Crippen LogP contribution in [0, 0.1) is 17.0 Å². The SMILES string of the molecule is Cc1ccc(CNCc2ccc(Cl)c([N+](=O)[O-])c2)cc1. The van der Waals surface area contributed by atoms with Crippen LogP contribution < -0.4 is 5.32 Å². The third kappa shape index (κ3) is 3.79. The van der Waals surface area contributed by atoms with Crippen LogP contribution in [0.2, 0.25) is 5.02 Å². The summed E-state index contributed by atoms with van der Waals surface area (Å²) in [5.74, 6) is 0. The van der Waals surface area contributed by atoms with Crippen LogP contribution in [-0.2, 0) is 13.1 Å². The Labute approximate surface area is 122 Å². The Morgan fingerprint density at radius 2 is 1.70 bits per heavy atom. The molecule has 0 atom stereocenters. The van der Waals surface area contributed by atoms with E-state index in [9.17, 15) is 10.1 Å². The third-order valence-electron chi connectivity index (χ3n) is 2.99. The number of nitro groups is 1. The number of benzene rings is 2. The second kappa shape index (κ2) is 6.50. The van der Waals surface area contributed by atoms with E-state index in [-0.39, 0.29) is 10.7 Å². The molecule has 0 fully saturated rings. The van der Waals surface area contributed by atoms with Crippen molar-refractivity contribution in [1.82, 2.24) is 5.32 Å². The number of hydrogen-bond donors (Lipinski definition) is 1. The Morgan fingerprint density at radius 3 is 2.35 bits per heavy atom. The zero-order valence-electron chi connectivity index (χ0n) is 11.1. The smallest absolute Gasteiger partial charge is 0.288 e. The Kier molecular flexibility index (Phi) is 4.71. The van der Waals surface area contributed by atoms with E-state index in [1.54, 1.807) is 12.1 Å². The van der Waals surface area contributed by atoms with Crippen LogP contribution in [0.15, 0.2) is 42.5 Å². The quantitative estimate of drug-likeness (QED) is 0.672. The zero-order valence-corrected chi connectivity index (χ0v) is 11.9. The maximum atomic E-state index is 10.8. The summed E-state index contributed by atoms with van der Waals surface area (Å²) in [5, 5.41) is 14.2. The minimum Gasteiger partial charge on any atom is -0.309 e. The monoisotopic (exact) mass is 290 g/mol. The Bertz CT molecular complexity index is 612. The number of nitrogens with one attached hydrogen (secondary N) is 1. The highest BCUT2D eigenvalue weighted by Crippen LogP contribution is 2.24. The van der Waals surface area contributed by atoms with Gasteiger partial charge in [0.2, 0.25) is 0 Å². The molecule has 0 heterocycles. The summed E-state index contributed by atoms with van der Waals surface area (Å²) in [6.45, 7) is 3.33. The maximum Gasteiger partial charge on any atom is 0.288 e. The minimum absolute atomic E-state index is 0.0543. The number of rotatable bonds is 5. The first-order valence-electron chi connectivity index (χ1n) is 6.25. The molecule has 0 bridgehead atoms. The normalized spacial score (nSPS) is 10.5. The summed E-state index contributed by atoms with van der Waals surface area (Å²) >= 11 is 5.77. The highest BCUT2D eigenvalue weighted by molar-refractivity contribution is 6.32.